The minimum Gasteiger partial charge on any atom is -0.497 e. The van der Waals surface area contributed by atoms with Crippen molar-refractivity contribution in [2.45, 2.75) is 49.7 Å². The first kappa shape index (κ1) is 25.2. The van der Waals surface area contributed by atoms with Crippen LogP contribution in [0.1, 0.15) is 41.6 Å². The van der Waals surface area contributed by atoms with E-state index >= 15 is 0 Å². The first-order valence-corrected chi connectivity index (χ1v) is 13.4. The lowest BCUT2D eigenvalue weighted by atomic mass is 9.92. The van der Waals surface area contributed by atoms with Gasteiger partial charge in [-0.1, -0.05) is 36.4 Å². The number of methoxy groups -OCH3 is 1. The summed E-state index contributed by atoms with van der Waals surface area (Å²) < 4.78 is 33.2. The minimum absolute atomic E-state index is 0.0402. The Labute approximate surface area is 206 Å². The van der Waals surface area contributed by atoms with Gasteiger partial charge < -0.3 is 20.7 Å². The second kappa shape index (κ2) is 10.8. The van der Waals surface area contributed by atoms with Crippen molar-refractivity contribution in [3.05, 3.63) is 65.7 Å². The van der Waals surface area contributed by atoms with Crippen molar-refractivity contribution in [2.24, 2.45) is 5.73 Å². The van der Waals surface area contributed by atoms with Gasteiger partial charge in [-0.15, -0.1) is 0 Å². The predicted molar refractivity (Wildman–Crippen MR) is 132 cm³/mol. The number of amides is 2. The number of nitrogens with one attached hydrogen (secondary N) is 1. The Kier molecular flexibility index (Phi) is 7.73. The lowest BCUT2D eigenvalue weighted by Crippen LogP contribution is -2.56. The Morgan fingerprint density at radius 1 is 1.03 bits per heavy atom. The summed E-state index contributed by atoms with van der Waals surface area (Å²) in [6, 6.07) is 15.4. The zero-order chi connectivity index (χ0) is 25.0. The van der Waals surface area contributed by atoms with Crippen LogP contribution in [0, 0.1) is 0 Å². The van der Waals surface area contributed by atoms with E-state index in [1.54, 1.807) is 48.5 Å². The van der Waals surface area contributed by atoms with E-state index in [-0.39, 0.29) is 30.9 Å². The molecule has 2 aromatic carbocycles. The van der Waals surface area contributed by atoms with E-state index < -0.39 is 28.0 Å². The Morgan fingerprint density at radius 2 is 1.74 bits per heavy atom. The third-order valence-electron chi connectivity index (χ3n) is 6.61. The van der Waals surface area contributed by atoms with E-state index in [1.165, 1.54) is 12.0 Å². The number of nitrogens with two attached hydrogens (primary N) is 1. The molecule has 1 aliphatic heterocycles. The Hall–Kier alpha value is -2.95. The molecule has 1 aliphatic carbocycles. The molecule has 35 heavy (non-hydrogen) atoms. The maximum absolute atomic E-state index is 13.5. The van der Waals surface area contributed by atoms with Gasteiger partial charge in [0.05, 0.1) is 12.9 Å². The first-order chi connectivity index (χ1) is 16.8. The van der Waals surface area contributed by atoms with Crippen LogP contribution in [-0.4, -0.2) is 67.9 Å². The van der Waals surface area contributed by atoms with Gasteiger partial charge in [0.2, 0.25) is 10.0 Å². The number of benzene rings is 2. The van der Waals surface area contributed by atoms with E-state index in [0.717, 1.165) is 30.0 Å². The molecule has 0 radical (unpaired) electrons. The van der Waals surface area contributed by atoms with Crippen LogP contribution in [0.2, 0.25) is 0 Å². The van der Waals surface area contributed by atoms with Gasteiger partial charge in [-0.3, -0.25) is 9.59 Å². The molecular formula is C25H32N4O5S. The van der Waals surface area contributed by atoms with Crippen LogP contribution in [0.4, 0.5) is 0 Å². The van der Waals surface area contributed by atoms with Crippen LogP contribution in [-0.2, 0) is 20.6 Å². The van der Waals surface area contributed by atoms with Gasteiger partial charge in [0.15, 0.2) is 6.17 Å². The number of sulfonamides is 1. The molecule has 1 heterocycles. The van der Waals surface area contributed by atoms with Crippen LogP contribution in [0.15, 0.2) is 54.6 Å². The summed E-state index contributed by atoms with van der Waals surface area (Å²) in [4.78, 5) is 28.3. The Morgan fingerprint density at radius 3 is 2.43 bits per heavy atom. The summed E-state index contributed by atoms with van der Waals surface area (Å²) in [6.07, 6.45) is 1.76. The lowest BCUT2D eigenvalue weighted by molar-refractivity contribution is -0.128. The van der Waals surface area contributed by atoms with Crippen molar-refractivity contribution < 1.29 is 22.7 Å². The monoisotopic (exact) mass is 500 g/mol. The molecule has 1 unspecified atom stereocenters. The number of nitrogens with zero attached hydrogens (tertiary/aromatic N) is 2. The molecule has 1 saturated heterocycles. The smallest absolute Gasteiger partial charge is 0.259 e. The third-order valence-corrected chi connectivity index (χ3v) is 8.40. The van der Waals surface area contributed by atoms with Crippen LogP contribution >= 0.6 is 0 Å². The zero-order valence-corrected chi connectivity index (χ0v) is 20.6. The Bertz CT molecular complexity index is 1150. The number of ether oxygens (including phenoxy) is 1. The average molecular weight is 501 g/mol. The summed E-state index contributed by atoms with van der Waals surface area (Å²) in [6.45, 7) is 0.149. The molecule has 1 atom stereocenters. The van der Waals surface area contributed by atoms with Crippen LogP contribution in [0.25, 0.3) is 0 Å². The van der Waals surface area contributed by atoms with Crippen molar-refractivity contribution in [2.75, 3.05) is 20.2 Å². The largest absolute Gasteiger partial charge is 0.497 e. The maximum Gasteiger partial charge on any atom is 0.259 e. The highest BCUT2D eigenvalue weighted by Gasteiger charge is 2.46. The van der Waals surface area contributed by atoms with Crippen molar-refractivity contribution in [3.8, 4) is 5.75 Å². The summed E-state index contributed by atoms with van der Waals surface area (Å²) in [5, 5.41) is 2.99. The summed E-state index contributed by atoms with van der Waals surface area (Å²) in [5.41, 5.74) is 6.93. The number of hydrogen-bond acceptors (Lipinski definition) is 6. The highest BCUT2D eigenvalue weighted by Crippen LogP contribution is 2.26. The number of carbonyl (C=O) groups is 2. The molecule has 3 N–H and O–H groups in total. The first-order valence-electron chi connectivity index (χ1n) is 11.8. The normalized spacial score (nSPS) is 23.1. The van der Waals surface area contributed by atoms with E-state index in [4.69, 9.17) is 10.5 Å². The van der Waals surface area contributed by atoms with Crippen molar-refractivity contribution >= 4 is 21.8 Å². The summed E-state index contributed by atoms with van der Waals surface area (Å²) in [5.74, 6) is -0.664. The molecular weight excluding hydrogens is 468 g/mol. The van der Waals surface area contributed by atoms with Crippen molar-refractivity contribution in [3.63, 3.8) is 0 Å². The fourth-order valence-corrected chi connectivity index (χ4v) is 6.36. The van der Waals surface area contributed by atoms with Gasteiger partial charge in [0.1, 0.15) is 5.75 Å². The quantitative estimate of drug-likeness (QED) is 0.597. The molecule has 4 rings (SSSR count). The van der Waals surface area contributed by atoms with Crippen LogP contribution in [0.5, 0.6) is 5.75 Å². The predicted octanol–water partition coefficient (Wildman–Crippen LogP) is 1.70. The molecule has 0 bridgehead atoms. The molecule has 2 aliphatic rings. The molecule has 10 heteroatoms. The van der Waals surface area contributed by atoms with Crippen LogP contribution in [0.3, 0.4) is 0 Å². The maximum atomic E-state index is 13.5. The molecule has 0 spiro atoms. The highest BCUT2D eigenvalue weighted by atomic mass is 32.2. The molecule has 9 nitrogen and oxygen atoms in total. The fourth-order valence-electron chi connectivity index (χ4n) is 4.71. The SMILES string of the molecule is COc1cccc(C(=O)N2CCN(S(=O)(=O)Cc3ccccc3)C2C(=O)NC2CCC(N)CC2)c1. The second-order valence-electron chi connectivity index (χ2n) is 9.08. The average Bonchev–Trinajstić information content (AvgIpc) is 3.32. The fraction of sp³-hybridized carbons (Fsp3) is 0.440. The van der Waals surface area contributed by atoms with Crippen molar-refractivity contribution in [1.82, 2.24) is 14.5 Å². The van der Waals surface area contributed by atoms with Crippen LogP contribution < -0.4 is 15.8 Å². The highest BCUT2D eigenvalue weighted by molar-refractivity contribution is 7.88. The Balaban J connectivity index is 1.61. The topological polar surface area (TPSA) is 122 Å². The number of hydrogen-bond donors (Lipinski definition) is 2. The summed E-state index contributed by atoms with van der Waals surface area (Å²) in [7, 11) is -2.38. The van der Waals surface area contributed by atoms with Gasteiger partial charge in [-0.05, 0) is 49.4 Å². The number of rotatable bonds is 7. The number of carbonyl (C=O) groups excluding carboxylic acids is 2. The second-order valence-corrected chi connectivity index (χ2v) is 11.0. The van der Waals surface area contributed by atoms with Gasteiger partial charge in [-0.2, -0.15) is 4.31 Å². The third kappa shape index (κ3) is 5.83. The van der Waals surface area contributed by atoms with Gasteiger partial charge >= 0.3 is 0 Å². The van der Waals surface area contributed by atoms with Gasteiger partial charge in [-0.25, -0.2) is 8.42 Å². The van der Waals surface area contributed by atoms with E-state index in [0.29, 0.717) is 16.9 Å². The lowest BCUT2D eigenvalue weighted by Gasteiger charge is -2.32. The van der Waals surface area contributed by atoms with Gasteiger partial charge in [0.25, 0.3) is 11.8 Å². The summed E-state index contributed by atoms with van der Waals surface area (Å²) >= 11 is 0. The van der Waals surface area contributed by atoms with E-state index in [2.05, 4.69) is 5.32 Å². The molecule has 2 fully saturated rings. The molecule has 188 valence electrons. The van der Waals surface area contributed by atoms with Crippen molar-refractivity contribution in [1.29, 1.82) is 0 Å². The zero-order valence-electron chi connectivity index (χ0n) is 19.8. The minimum atomic E-state index is -3.88. The van der Waals surface area contributed by atoms with E-state index in [9.17, 15) is 18.0 Å². The van der Waals surface area contributed by atoms with E-state index in [1.807, 2.05) is 6.07 Å². The standard InChI is InChI=1S/C25H32N4O5S/c1-34-22-9-5-8-19(16-22)25(31)28-14-15-29(35(32,33)17-18-6-3-2-4-7-18)24(28)23(30)27-21-12-10-20(26)11-13-21/h2-9,16,20-21,24H,10-15,17,26H2,1H3,(H,27,30). The molecule has 2 amide bonds. The molecule has 0 aromatic heterocycles. The molecule has 1 saturated carbocycles. The molecule has 2 aromatic rings. The van der Waals surface area contributed by atoms with Gasteiger partial charge in [0, 0.05) is 30.7 Å².